The van der Waals surface area contributed by atoms with E-state index in [-0.39, 0.29) is 6.61 Å². The van der Waals surface area contributed by atoms with E-state index in [4.69, 9.17) is 11.6 Å². The van der Waals surface area contributed by atoms with Crippen LogP contribution in [0.4, 0.5) is 0 Å². The summed E-state index contributed by atoms with van der Waals surface area (Å²) in [5, 5.41) is 11.1. The van der Waals surface area contributed by atoms with Crippen LogP contribution >= 0.6 is 22.9 Å². The topological polar surface area (TPSA) is 33.1 Å². The van der Waals surface area contributed by atoms with E-state index in [2.05, 4.69) is 11.9 Å². The minimum absolute atomic E-state index is 0.0909. The van der Waals surface area contributed by atoms with E-state index in [0.29, 0.717) is 0 Å². The Kier molecular flexibility index (Phi) is 4.75. The molecule has 2 nitrogen and oxygen atoms in total. The highest BCUT2D eigenvalue weighted by Crippen LogP contribution is 2.23. The Hall–Kier alpha value is -0.900. The highest BCUT2D eigenvalue weighted by Gasteiger charge is 2.10. The summed E-state index contributed by atoms with van der Waals surface area (Å²) >= 11 is 7.47. The van der Waals surface area contributed by atoms with E-state index in [9.17, 15) is 5.11 Å². The quantitative estimate of drug-likeness (QED) is 0.903. The van der Waals surface area contributed by atoms with Crippen molar-refractivity contribution in [3.63, 3.8) is 0 Å². The molecule has 1 aromatic carbocycles. The molecule has 0 aliphatic rings. The Morgan fingerprint density at radius 2 is 2.00 bits per heavy atom. The molecule has 2 rings (SSSR count). The van der Waals surface area contributed by atoms with E-state index >= 15 is 0 Å². The lowest BCUT2D eigenvalue weighted by molar-refractivity contribution is 0.284. The molecule has 0 saturated heterocycles. The smallest absolute Gasteiger partial charge is 0.0975 e. The van der Waals surface area contributed by atoms with Crippen LogP contribution in [0.2, 0.25) is 5.02 Å². The molecular formula is C14H16ClNOS. The number of aromatic nitrogens is 1. The molecule has 0 atom stereocenters. The number of nitrogens with zero attached hydrogens (tertiary/aromatic N) is 1. The van der Waals surface area contributed by atoms with Gasteiger partial charge >= 0.3 is 0 Å². The molecule has 1 heterocycles. The maximum atomic E-state index is 9.31. The van der Waals surface area contributed by atoms with Crippen molar-refractivity contribution in [3.05, 3.63) is 50.4 Å². The second kappa shape index (κ2) is 6.32. The molecule has 1 N–H and O–H groups in total. The van der Waals surface area contributed by atoms with E-state index in [1.807, 2.05) is 24.3 Å². The highest BCUT2D eigenvalue weighted by atomic mass is 35.5. The van der Waals surface area contributed by atoms with Gasteiger partial charge in [0.05, 0.1) is 22.2 Å². The molecule has 0 fully saturated rings. The zero-order chi connectivity index (χ0) is 13.0. The maximum absolute atomic E-state index is 9.31. The van der Waals surface area contributed by atoms with E-state index in [1.54, 1.807) is 11.3 Å². The first-order valence-corrected chi connectivity index (χ1v) is 7.25. The van der Waals surface area contributed by atoms with Gasteiger partial charge in [-0.05, 0) is 24.1 Å². The first-order chi connectivity index (χ1) is 8.72. The average Bonchev–Trinajstić information content (AvgIpc) is 2.75. The van der Waals surface area contributed by atoms with Crippen LogP contribution in [0.15, 0.2) is 24.3 Å². The number of hydrogen-bond acceptors (Lipinski definition) is 3. The van der Waals surface area contributed by atoms with Gasteiger partial charge in [0.25, 0.3) is 0 Å². The van der Waals surface area contributed by atoms with Crippen LogP contribution in [0.25, 0.3) is 0 Å². The van der Waals surface area contributed by atoms with Crippen molar-refractivity contribution in [2.45, 2.75) is 32.8 Å². The minimum Gasteiger partial charge on any atom is -0.391 e. The fraction of sp³-hybridized carbons (Fsp3) is 0.357. The average molecular weight is 282 g/mol. The largest absolute Gasteiger partial charge is 0.391 e. The molecule has 2 aromatic rings. The number of rotatable bonds is 5. The summed E-state index contributed by atoms with van der Waals surface area (Å²) in [5.41, 5.74) is 2.25. The number of halogens is 1. The summed E-state index contributed by atoms with van der Waals surface area (Å²) in [6, 6.07) is 7.82. The second-order valence-corrected chi connectivity index (χ2v) is 5.79. The van der Waals surface area contributed by atoms with Crippen LogP contribution in [0.1, 0.15) is 34.5 Å². The summed E-state index contributed by atoms with van der Waals surface area (Å²) in [5.74, 6) is 0. The molecule has 4 heteroatoms. The lowest BCUT2D eigenvalue weighted by atomic mass is 10.1. The Labute approximate surface area is 116 Å². The van der Waals surface area contributed by atoms with Crippen LogP contribution in [0.3, 0.4) is 0 Å². The van der Waals surface area contributed by atoms with Crippen LogP contribution in [0, 0.1) is 0 Å². The molecule has 18 heavy (non-hydrogen) atoms. The molecule has 0 radical (unpaired) electrons. The molecule has 0 amide bonds. The van der Waals surface area contributed by atoms with Gasteiger partial charge in [-0.1, -0.05) is 37.1 Å². The SMILES string of the molecule is CCCc1nc(Cc2ccc(Cl)cc2)sc1CO. The number of hydrogen-bond donors (Lipinski definition) is 1. The molecule has 0 aliphatic carbocycles. The first-order valence-electron chi connectivity index (χ1n) is 6.05. The first kappa shape index (κ1) is 13.5. The summed E-state index contributed by atoms with van der Waals surface area (Å²) in [7, 11) is 0. The fourth-order valence-electron chi connectivity index (χ4n) is 1.84. The van der Waals surface area contributed by atoms with Crippen LogP contribution in [0.5, 0.6) is 0 Å². The molecule has 0 unspecified atom stereocenters. The van der Waals surface area contributed by atoms with Crippen molar-refractivity contribution in [3.8, 4) is 0 Å². The van der Waals surface area contributed by atoms with Gasteiger partial charge in [0.15, 0.2) is 0 Å². The van der Waals surface area contributed by atoms with Crippen LogP contribution < -0.4 is 0 Å². The van der Waals surface area contributed by atoms with Gasteiger partial charge in [-0.3, -0.25) is 0 Å². The van der Waals surface area contributed by atoms with Crippen molar-refractivity contribution in [2.75, 3.05) is 0 Å². The van der Waals surface area contributed by atoms with Crippen LogP contribution in [-0.2, 0) is 19.4 Å². The van der Waals surface area contributed by atoms with Crippen molar-refractivity contribution < 1.29 is 5.11 Å². The van der Waals surface area contributed by atoms with Crippen molar-refractivity contribution >= 4 is 22.9 Å². The summed E-state index contributed by atoms with van der Waals surface area (Å²) in [6.45, 7) is 2.22. The third-order valence-electron chi connectivity index (χ3n) is 2.72. The fourth-order valence-corrected chi connectivity index (χ4v) is 2.98. The van der Waals surface area contributed by atoms with E-state index < -0.39 is 0 Å². The third-order valence-corrected chi connectivity index (χ3v) is 4.06. The standard InChI is InChI=1S/C14H16ClNOS/c1-2-3-12-13(9-17)18-14(16-12)8-10-4-6-11(15)7-5-10/h4-7,17H,2-3,8-9H2,1H3. The lowest BCUT2D eigenvalue weighted by Crippen LogP contribution is -1.91. The summed E-state index contributed by atoms with van der Waals surface area (Å²) in [6.07, 6.45) is 2.79. The van der Waals surface area contributed by atoms with Gasteiger partial charge in [-0.25, -0.2) is 4.98 Å². The third kappa shape index (κ3) is 3.31. The zero-order valence-electron chi connectivity index (χ0n) is 10.3. The van der Waals surface area contributed by atoms with Crippen molar-refractivity contribution in [1.29, 1.82) is 0 Å². The monoisotopic (exact) mass is 281 g/mol. The lowest BCUT2D eigenvalue weighted by Gasteiger charge is -1.97. The summed E-state index contributed by atoms with van der Waals surface area (Å²) < 4.78 is 0. The second-order valence-electron chi connectivity index (χ2n) is 4.19. The molecule has 0 bridgehead atoms. The van der Waals surface area contributed by atoms with Crippen LogP contribution in [-0.4, -0.2) is 10.1 Å². The predicted molar refractivity (Wildman–Crippen MR) is 76.3 cm³/mol. The Morgan fingerprint density at radius 3 is 2.61 bits per heavy atom. The number of aliphatic hydroxyl groups excluding tert-OH is 1. The molecule has 0 aliphatic heterocycles. The predicted octanol–water partition coefficient (Wildman–Crippen LogP) is 3.83. The Balaban J connectivity index is 2.16. The normalized spacial score (nSPS) is 10.8. The van der Waals surface area contributed by atoms with Crippen molar-refractivity contribution in [2.24, 2.45) is 0 Å². The summed E-state index contributed by atoms with van der Waals surface area (Å²) in [4.78, 5) is 5.61. The molecule has 0 spiro atoms. The van der Waals surface area contributed by atoms with Crippen molar-refractivity contribution in [1.82, 2.24) is 4.98 Å². The van der Waals surface area contributed by atoms with E-state index in [0.717, 1.165) is 39.9 Å². The molecule has 1 aromatic heterocycles. The molecule has 0 saturated carbocycles. The Morgan fingerprint density at radius 1 is 1.28 bits per heavy atom. The van der Waals surface area contributed by atoms with Gasteiger partial charge in [-0.2, -0.15) is 0 Å². The highest BCUT2D eigenvalue weighted by molar-refractivity contribution is 7.11. The van der Waals surface area contributed by atoms with Gasteiger partial charge in [-0.15, -0.1) is 11.3 Å². The minimum atomic E-state index is 0.0909. The van der Waals surface area contributed by atoms with Gasteiger partial charge in [0.1, 0.15) is 0 Å². The number of thiazole rings is 1. The number of aliphatic hydroxyl groups is 1. The Bertz CT molecular complexity index is 507. The zero-order valence-corrected chi connectivity index (χ0v) is 11.9. The molecular weight excluding hydrogens is 266 g/mol. The molecule has 96 valence electrons. The number of benzene rings is 1. The number of aryl methyl sites for hydroxylation is 1. The maximum Gasteiger partial charge on any atom is 0.0975 e. The van der Waals surface area contributed by atoms with E-state index in [1.165, 1.54) is 5.56 Å². The van der Waals surface area contributed by atoms with Gasteiger partial charge < -0.3 is 5.11 Å². The van der Waals surface area contributed by atoms with Gasteiger partial charge in [0.2, 0.25) is 0 Å². The van der Waals surface area contributed by atoms with Gasteiger partial charge in [0, 0.05) is 11.4 Å².